The maximum absolute atomic E-state index is 4.94. The van der Waals surface area contributed by atoms with Crippen LogP contribution < -0.4 is 4.80 Å². The highest BCUT2D eigenvalue weighted by Gasteiger charge is 2.08. The van der Waals surface area contributed by atoms with Crippen LogP contribution in [0.4, 0.5) is 5.69 Å². The molecular weight excluding hydrogens is 300 g/mol. The number of aromatic nitrogens is 1. The molecule has 0 amide bonds. The molecule has 3 rings (SSSR count). The number of hydrogen-bond acceptors (Lipinski definition) is 2. The topological polar surface area (TPSA) is 17.3 Å². The quantitative estimate of drug-likeness (QED) is 0.584. The van der Waals surface area contributed by atoms with E-state index in [0.29, 0.717) is 0 Å². The Hall–Kier alpha value is -2.39. The molecule has 0 unspecified atom stereocenters. The number of hydrogen-bond donors (Lipinski definition) is 0. The summed E-state index contributed by atoms with van der Waals surface area (Å²) in [5.41, 5.74) is 5.84. The first-order chi connectivity index (χ1) is 11.2. The third kappa shape index (κ3) is 3.20. The molecule has 0 aliphatic carbocycles. The molecule has 0 spiro atoms. The Labute approximate surface area is 141 Å². The van der Waals surface area contributed by atoms with Crippen LogP contribution in [0, 0.1) is 13.8 Å². The minimum absolute atomic E-state index is 0.748. The summed E-state index contributed by atoms with van der Waals surface area (Å²) in [7, 11) is 0. The monoisotopic (exact) mass is 320 g/mol. The number of allylic oxidation sites excluding steroid dienone is 1. The molecule has 2 nitrogen and oxygen atoms in total. The molecule has 3 aromatic rings. The van der Waals surface area contributed by atoms with Gasteiger partial charge >= 0.3 is 0 Å². The Morgan fingerprint density at radius 2 is 1.74 bits per heavy atom. The van der Waals surface area contributed by atoms with Crippen LogP contribution in [0.3, 0.4) is 0 Å². The summed E-state index contributed by atoms with van der Waals surface area (Å²) in [5, 5.41) is 2.17. The molecule has 0 radical (unpaired) electrons. The van der Waals surface area contributed by atoms with Crippen LogP contribution in [-0.2, 0) is 6.54 Å². The van der Waals surface area contributed by atoms with Gasteiger partial charge in [-0.05, 0) is 30.5 Å². The van der Waals surface area contributed by atoms with Gasteiger partial charge in [-0.3, -0.25) is 0 Å². The van der Waals surface area contributed by atoms with E-state index >= 15 is 0 Å². The van der Waals surface area contributed by atoms with Gasteiger partial charge < -0.3 is 4.57 Å². The zero-order valence-corrected chi connectivity index (χ0v) is 14.3. The Kier molecular flexibility index (Phi) is 4.58. The molecule has 0 N–H and O–H groups in total. The van der Waals surface area contributed by atoms with Crippen LogP contribution in [0.1, 0.15) is 11.1 Å². The highest BCUT2D eigenvalue weighted by atomic mass is 32.1. The summed E-state index contributed by atoms with van der Waals surface area (Å²) in [6.07, 6.45) is 1.92. The standard InChI is InChI=1S/C20H20N2S/c1-4-13-22-18(17-11-6-5-7-12-17)14-23-20(22)21-19-15(2)9-8-10-16(19)3/h4-12,14H,1,13H2,2-3H3. The normalized spacial score (nSPS) is 11.7. The molecule has 0 atom stereocenters. The largest absolute Gasteiger partial charge is 0.313 e. The summed E-state index contributed by atoms with van der Waals surface area (Å²) in [5.74, 6) is 0. The van der Waals surface area contributed by atoms with Crippen molar-refractivity contribution in [3.8, 4) is 11.3 Å². The molecule has 0 fully saturated rings. The van der Waals surface area contributed by atoms with E-state index in [0.717, 1.165) is 17.0 Å². The van der Waals surface area contributed by atoms with Crippen LogP contribution in [0.5, 0.6) is 0 Å². The van der Waals surface area contributed by atoms with Crippen LogP contribution in [0.25, 0.3) is 11.3 Å². The summed E-state index contributed by atoms with van der Waals surface area (Å²) < 4.78 is 2.22. The minimum Gasteiger partial charge on any atom is -0.313 e. The maximum atomic E-state index is 4.94. The SMILES string of the molecule is C=CCn1c(-c2ccccc2)csc1=Nc1c(C)cccc1C. The summed E-state index contributed by atoms with van der Waals surface area (Å²) in [4.78, 5) is 5.94. The Morgan fingerprint density at radius 1 is 1.04 bits per heavy atom. The molecule has 1 aromatic heterocycles. The van der Waals surface area contributed by atoms with E-state index in [1.807, 2.05) is 12.1 Å². The minimum atomic E-state index is 0.748. The summed E-state index contributed by atoms with van der Waals surface area (Å²) >= 11 is 1.67. The second-order valence-electron chi connectivity index (χ2n) is 5.52. The third-order valence-corrected chi connectivity index (χ3v) is 4.69. The molecule has 3 heteroatoms. The van der Waals surface area contributed by atoms with Crippen molar-refractivity contribution in [3.05, 3.63) is 82.5 Å². The smallest absolute Gasteiger partial charge is 0.190 e. The van der Waals surface area contributed by atoms with Gasteiger partial charge in [0, 0.05) is 11.9 Å². The zero-order valence-electron chi connectivity index (χ0n) is 13.5. The Balaban J connectivity index is 2.19. The molecule has 116 valence electrons. The van der Waals surface area contributed by atoms with Crippen molar-refractivity contribution in [1.82, 2.24) is 4.57 Å². The maximum Gasteiger partial charge on any atom is 0.190 e. The van der Waals surface area contributed by atoms with Crippen LogP contribution in [0.15, 0.2) is 71.6 Å². The lowest BCUT2D eigenvalue weighted by atomic mass is 10.1. The van der Waals surface area contributed by atoms with E-state index in [1.165, 1.54) is 22.4 Å². The lowest BCUT2D eigenvalue weighted by molar-refractivity contribution is 0.800. The average molecular weight is 320 g/mol. The second kappa shape index (κ2) is 6.80. The molecule has 0 bridgehead atoms. The molecule has 2 aromatic carbocycles. The molecular formula is C20H20N2S. The predicted octanol–water partition coefficient (Wildman–Crippen LogP) is 5.25. The molecule has 0 aliphatic rings. The van der Waals surface area contributed by atoms with Gasteiger partial charge in [0.2, 0.25) is 0 Å². The number of rotatable bonds is 4. The molecule has 0 saturated heterocycles. The van der Waals surface area contributed by atoms with Crippen LogP contribution >= 0.6 is 11.3 Å². The van der Waals surface area contributed by atoms with E-state index in [1.54, 1.807) is 11.3 Å². The van der Waals surface area contributed by atoms with E-state index in [9.17, 15) is 0 Å². The number of nitrogens with zero attached hydrogens (tertiary/aromatic N) is 2. The van der Waals surface area contributed by atoms with Crippen molar-refractivity contribution in [3.63, 3.8) is 0 Å². The predicted molar refractivity (Wildman–Crippen MR) is 99.1 cm³/mol. The third-order valence-electron chi connectivity index (χ3n) is 3.83. The lowest BCUT2D eigenvalue weighted by Crippen LogP contribution is -2.15. The van der Waals surface area contributed by atoms with Gasteiger partial charge in [-0.2, -0.15) is 0 Å². The van der Waals surface area contributed by atoms with Crippen molar-refractivity contribution in [1.29, 1.82) is 0 Å². The number of aryl methyl sites for hydroxylation is 2. The highest BCUT2D eigenvalue weighted by molar-refractivity contribution is 7.07. The van der Waals surface area contributed by atoms with E-state index in [2.05, 4.69) is 72.8 Å². The van der Waals surface area contributed by atoms with Gasteiger partial charge in [0.25, 0.3) is 0 Å². The molecule has 1 heterocycles. The first-order valence-corrected chi connectivity index (χ1v) is 8.54. The van der Waals surface area contributed by atoms with Crippen molar-refractivity contribution in [2.75, 3.05) is 0 Å². The lowest BCUT2D eigenvalue weighted by Gasteiger charge is -2.07. The summed E-state index contributed by atoms with van der Waals surface area (Å²) in [6, 6.07) is 16.7. The van der Waals surface area contributed by atoms with Gasteiger partial charge in [0.1, 0.15) is 0 Å². The molecule has 0 saturated carbocycles. The van der Waals surface area contributed by atoms with Gasteiger partial charge in [0.05, 0.1) is 11.4 Å². The van der Waals surface area contributed by atoms with Crippen LogP contribution in [0.2, 0.25) is 0 Å². The Morgan fingerprint density at radius 3 is 2.39 bits per heavy atom. The first-order valence-electron chi connectivity index (χ1n) is 7.66. The molecule has 0 aliphatic heterocycles. The van der Waals surface area contributed by atoms with Crippen molar-refractivity contribution in [2.45, 2.75) is 20.4 Å². The fraction of sp³-hybridized carbons (Fsp3) is 0.150. The number of benzene rings is 2. The van der Waals surface area contributed by atoms with E-state index < -0.39 is 0 Å². The first kappa shape index (κ1) is 15.5. The van der Waals surface area contributed by atoms with Gasteiger partial charge in [-0.1, -0.05) is 54.6 Å². The zero-order chi connectivity index (χ0) is 16.2. The Bertz CT molecular complexity index is 865. The average Bonchev–Trinajstić information content (AvgIpc) is 2.95. The van der Waals surface area contributed by atoms with Crippen molar-refractivity contribution in [2.24, 2.45) is 4.99 Å². The van der Waals surface area contributed by atoms with E-state index in [-0.39, 0.29) is 0 Å². The fourth-order valence-electron chi connectivity index (χ4n) is 2.64. The van der Waals surface area contributed by atoms with Gasteiger partial charge in [-0.25, -0.2) is 4.99 Å². The highest BCUT2D eigenvalue weighted by Crippen LogP contribution is 2.24. The van der Waals surface area contributed by atoms with Gasteiger partial charge in [0.15, 0.2) is 4.80 Å². The van der Waals surface area contributed by atoms with Crippen molar-refractivity contribution >= 4 is 17.0 Å². The number of thiazole rings is 1. The fourth-order valence-corrected chi connectivity index (χ4v) is 3.57. The van der Waals surface area contributed by atoms with Gasteiger partial charge in [-0.15, -0.1) is 17.9 Å². The number of para-hydroxylation sites is 1. The molecule has 23 heavy (non-hydrogen) atoms. The van der Waals surface area contributed by atoms with Crippen molar-refractivity contribution < 1.29 is 0 Å². The van der Waals surface area contributed by atoms with E-state index in [4.69, 9.17) is 4.99 Å². The summed E-state index contributed by atoms with van der Waals surface area (Å²) in [6.45, 7) is 8.86. The van der Waals surface area contributed by atoms with Crippen LogP contribution in [-0.4, -0.2) is 4.57 Å². The second-order valence-corrected chi connectivity index (χ2v) is 6.36.